The molecule has 18 heavy (non-hydrogen) atoms. The Morgan fingerprint density at radius 1 is 1.33 bits per heavy atom. The molecule has 2 N–H and O–H groups in total. The van der Waals surface area contributed by atoms with Crippen LogP contribution in [0.4, 0.5) is 5.82 Å². The Balaban J connectivity index is 2.20. The van der Waals surface area contributed by atoms with Crippen LogP contribution in [0.15, 0.2) is 0 Å². The predicted molar refractivity (Wildman–Crippen MR) is 75.7 cm³/mol. The summed E-state index contributed by atoms with van der Waals surface area (Å²) in [5, 5.41) is 4.52. The molecule has 1 aromatic heterocycles. The average molecular weight is 250 g/mol. The van der Waals surface area contributed by atoms with Crippen LogP contribution in [0.5, 0.6) is 0 Å². The molecule has 0 bridgehead atoms. The highest BCUT2D eigenvalue weighted by atomic mass is 15.4. The minimum absolute atomic E-state index is 0.586. The van der Waals surface area contributed by atoms with Crippen molar-refractivity contribution in [1.82, 2.24) is 9.78 Å². The molecule has 1 aliphatic heterocycles. The van der Waals surface area contributed by atoms with E-state index in [0.29, 0.717) is 6.54 Å². The van der Waals surface area contributed by atoms with E-state index in [1.807, 2.05) is 11.7 Å². The van der Waals surface area contributed by atoms with Gasteiger partial charge in [0, 0.05) is 32.2 Å². The first-order valence-corrected chi connectivity index (χ1v) is 7.14. The third kappa shape index (κ3) is 2.53. The number of aryl methyl sites for hydroxylation is 2. The fraction of sp³-hybridized carbons (Fsp3) is 0.786. The van der Waals surface area contributed by atoms with E-state index in [1.54, 1.807) is 0 Å². The van der Waals surface area contributed by atoms with Crippen molar-refractivity contribution in [3.8, 4) is 0 Å². The van der Waals surface area contributed by atoms with Gasteiger partial charge >= 0.3 is 0 Å². The van der Waals surface area contributed by atoms with Crippen molar-refractivity contribution in [2.45, 2.75) is 46.1 Å². The maximum Gasteiger partial charge on any atom is 0.131 e. The summed E-state index contributed by atoms with van der Waals surface area (Å²) in [5.41, 5.74) is 8.17. The van der Waals surface area contributed by atoms with Crippen LogP contribution in [-0.2, 0) is 13.6 Å². The van der Waals surface area contributed by atoms with Crippen LogP contribution in [-0.4, -0.2) is 22.9 Å². The van der Waals surface area contributed by atoms with Crippen molar-refractivity contribution >= 4 is 5.82 Å². The Labute approximate surface area is 110 Å². The fourth-order valence-corrected chi connectivity index (χ4v) is 3.11. The van der Waals surface area contributed by atoms with E-state index in [-0.39, 0.29) is 0 Å². The summed E-state index contributed by atoms with van der Waals surface area (Å²) in [7, 11) is 2.03. The molecule has 102 valence electrons. The topological polar surface area (TPSA) is 47.1 Å². The number of nitrogens with two attached hydrogens (primary N) is 1. The van der Waals surface area contributed by atoms with E-state index in [0.717, 1.165) is 24.7 Å². The third-order valence-electron chi connectivity index (χ3n) is 4.24. The molecule has 2 heterocycles. The second kappa shape index (κ2) is 5.74. The van der Waals surface area contributed by atoms with Gasteiger partial charge < -0.3 is 10.6 Å². The zero-order chi connectivity index (χ0) is 13.1. The fourth-order valence-electron chi connectivity index (χ4n) is 3.11. The number of hydrogen-bond donors (Lipinski definition) is 1. The monoisotopic (exact) mass is 250 g/mol. The van der Waals surface area contributed by atoms with Crippen molar-refractivity contribution in [3.63, 3.8) is 0 Å². The van der Waals surface area contributed by atoms with Crippen LogP contribution in [0, 0.1) is 12.8 Å². The molecule has 1 saturated heterocycles. The molecule has 2 rings (SSSR count). The Kier molecular flexibility index (Phi) is 4.27. The Morgan fingerprint density at radius 2 is 2.11 bits per heavy atom. The lowest BCUT2D eigenvalue weighted by molar-refractivity contribution is 0.459. The molecule has 1 unspecified atom stereocenters. The van der Waals surface area contributed by atoms with Gasteiger partial charge in [-0.1, -0.05) is 13.3 Å². The Morgan fingerprint density at radius 3 is 2.78 bits per heavy atom. The van der Waals surface area contributed by atoms with Crippen molar-refractivity contribution in [3.05, 3.63) is 11.3 Å². The van der Waals surface area contributed by atoms with Crippen molar-refractivity contribution in [2.75, 3.05) is 18.0 Å². The standard InChI is InChI=1S/C14H26N4/c1-4-12-6-5-8-18(9-7-12)14-13(10-15)11(2)16-17(14)3/h12H,4-10,15H2,1-3H3. The van der Waals surface area contributed by atoms with Crippen LogP contribution in [0.25, 0.3) is 0 Å². The second-order valence-corrected chi connectivity index (χ2v) is 5.41. The van der Waals surface area contributed by atoms with Gasteiger partial charge in [0.2, 0.25) is 0 Å². The first-order valence-electron chi connectivity index (χ1n) is 7.14. The second-order valence-electron chi connectivity index (χ2n) is 5.41. The summed E-state index contributed by atoms with van der Waals surface area (Å²) >= 11 is 0. The molecular weight excluding hydrogens is 224 g/mol. The zero-order valence-corrected chi connectivity index (χ0v) is 11.9. The molecule has 1 atom stereocenters. The van der Waals surface area contributed by atoms with Gasteiger partial charge in [0.15, 0.2) is 0 Å². The molecule has 0 aliphatic carbocycles. The lowest BCUT2D eigenvalue weighted by Gasteiger charge is -2.24. The summed E-state index contributed by atoms with van der Waals surface area (Å²) in [6.45, 7) is 7.23. The lowest BCUT2D eigenvalue weighted by Crippen LogP contribution is -2.27. The quantitative estimate of drug-likeness (QED) is 0.894. The molecule has 1 aliphatic rings. The van der Waals surface area contributed by atoms with Gasteiger partial charge in [0.1, 0.15) is 5.82 Å². The molecule has 1 fully saturated rings. The molecule has 0 spiro atoms. The largest absolute Gasteiger partial charge is 0.357 e. The molecule has 0 saturated carbocycles. The summed E-state index contributed by atoms with van der Waals surface area (Å²) in [6, 6.07) is 0. The minimum atomic E-state index is 0.586. The highest BCUT2D eigenvalue weighted by Gasteiger charge is 2.21. The van der Waals surface area contributed by atoms with Crippen LogP contribution in [0.2, 0.25) is 0 Å². The normalized spacial score (nSPS) is 21.1. The maximum atomic E-state index is 5.88. The molecule has 0 amide bonds. The Bertz CT molecular complexity index is 397. The summed E-state index contributed by atoms with van der Waals surface area (Å²) in [4.78, 5) is 2.48. The molecule has 4 heteroatoms. The number of nitrogens with zero attached hydrogens (tertiary/aromatic N) is 3. The summed E-state index contributed by atoms with van der Waals surface area (Å²) in [6.07, 6.45) is 5.25. The third-order valence-corrected chi connectivity index (χ3v) is 4.24. The SMILES string of the molecule is CCC1CCCN(c2c(CN)c(C)nn2C)CC1. The number of anilines is 1. The van der Waals surface area contributed by atoms with Gasteiger partial charge in [-0.2, -0.15) is 5.10 Å². The van der Waals surface area contributed by atoms with E-state index >= 15 is 0 Å². The van der Waals surface area contributed by atoms with Crippen molar-refractivity contribution < 1.29 is 0 Å². The minimum Gasteiger partial charge on any atom is -0.357 e. The van der Waals surface area contributed by atoms with E-state index in [1.165, 1.54) is 37.1 Å². The van der Waals surface area contributed by atoms with Crippen molar-refractivity contribution in [2.24, 2.45) is 18.7 Å². The molecule has 1 aromatic rings. The van der Waals surface area contributed by atoms with Gasteiger partial charge in [-0.05, 0) is 32.1 Å². The van der Waals surface area contributed by atoms with Crippen LogP contribution < -0.4 is 10.6 Å². The van der Waals surface area contributed by atoms with Gasteiger partial charge in [-0.25, -0.2) is 0 Å². The number of aromatic nitrogens is 2. The maximum absolute atomic E-state index is 5.88. The van der Waals surface area contributed by atoms with E-state index < -0.39 is 0 Å². The molecule has 0 radical (unpaired) electrons. The van der Waals surface area contributed by atoms with E-state index in [4.69, 9.17) is 5.73 Å². The van der Waals surface area contributed by atoms with Gasteiger partial charge in [0.25, 0.3) is 0 Å². The highest BCUT2D eigenvalue weighted by Crippen LogP contribution is 2.27. The van der Waals surface area contributed by atoms with E-state index in [9.17, 15) is 0 Å². The first-order chi connectivity index (χ1) is 8.67. The van der Waals surface area contributed by atoms with Gasteiger partial charge in [-0.15, -0.1) is 0 Å². The number of rotatable bonds is 3. The smallest absolute Gasteiger partial charge is 0.131 e. The summed E-state index contributed by atoms with van der Waals surface area (Å²) in [5.74, 6) is 2.14. The zero-order valence-electron chi connectivity index (χ0n) is 11.9. The highest BCUT2D eigenvalue weighted by molar-refractivity contribution is 5.50. The van der Waals surface area contributed by atoms with Crippen molar-refractivity contribution in [1.29, 1.82) is 0 Å². The predicted octanol–water partition coefficient (Wildman–Crippen LogP) is 2.20. The first kappa shape index (κ1) is 13.4. The Hall–Kier alpha value is -1.03. The van der Waals surface area contributed by atoms with Gasteiger partial charge in [0.05, 0.1) is 5.69 Å². The molecule has 0 aromatic carbocycles. The average Bonchev–Trinajstić information content (AvgIpc) is 2.55. The van der Waals surface area contributed by atoms with Crippen LogP contribution in [0.1, 0.15) is 43.9 Å². The van der Waals surface area contributed by atoms with Crippen LogP contribution in [0.3, 0.4) is 0 Å². The summed E-state index contributed by atoms with van der Waals surface area (Å²) < 4.78 is 2.00. The van der Waals surface area contributed by atoms with Crippen LogP contribution >= 0.6 is 0 Å². The molecule has 4 nitrogen and oxygen atoms in total. The molecular formula is C14H26N4. The van der Waals surface area contributed by atoms with E-state index in [2.05, 4.69) is 23.8 Å². The lowest BCUT2D eigenvalue weighted by atomic mass is 9.98. The number of hydrogen-bond acceptors (Lipinski definition) is 3. The van der Waals surface area contributed by atoms with Gasteiger partial charge in [-0.3, -0.25) is 4.68 Å².